The summed E-state index contributed by atoms with van der Waals surface area (Å²) < 4.78 is 7.78. The Morgan fingerprint density at radius 2 is 2.03 bits per heavy atom. The van der Waals surface area contributed by atoms with Gasteiger partial charge in [0, 0.05) is 43.5 Å². The molecule has 7 nitrogen and oxygen atoms in total. The van der Waals surface area contributed by atoms with E-state index in [-0.39, 0.29) is 24.6 Å². The lowest BCUT2D eigenvalue weighted by atomic mass is 10.1. The number of aryl methyl sites for hydroxylation is 1. The highest BCUT2D eigenvalue weighted by molar-refractivity contribution is 6.30. The predicted molar refractivity (Wildman–Crippen MR) is 122 cm³/mol. The number of piperazine rings is 1. The highest BCUT2D eigenvalue weighted by Crippen LogP contribution is 2.29. The minimum atomic E-state index is 0. The Kier molecular flexibility index (Phi) is 8.34. The number of halogens is 2. The first-order chi connectivity index (χ1) is 14.2. The van der Waals surface area contributed by atoms with Crippen molar-refractivity contribution in [3.63, 3.8) is 0 Å². The van der Waals surface area contributed by atoms with Crippen LogP contribution in [0.5, 0.6) is 0 Å². The average Bonchev–Trinajstić information content (AvgIpc) is 3.41. The Bertz CT molecular complexity index is 803. The van der Waals surface area contributed by atoms with Crippen LogP contribution in [-0.4, -0.2) is 64.0 Å². The molecular weight excluding hydrogens is 423 g/mol. The van der Waals surface area contributed by atoms with Crippen LogP contribution in [-0.2, 0) is 11.3 Å². The predicted octanol–water partition coefficient (Wildman–Crippen LogP) is 3.90. The van der Waals surface area contributed by atoms with Crippen LogP contribution in [0.1, 0.15) is 50.0 Å². The highest BCUT2D eigenvalue weighted by Gasteiger charge is 2.30. The zero-order chi connectivity index (χ0) is 20.2. The van der Waals surface area contributed by atoms with Crippen LogP contribution < -0.4 is 4.90 Å². The SMILES string of the molecule is CCCC(c1nnnn1CC1CCCO1)N1CCN(c2cc(Cl)ccc2C)CC1.Cl. The number of aromatic nitrogens is 4. The summed E-state index contributed by atoms with van der Waals surface area (Å²) in [4.78, 5) is 4.98. The molecule has 2 aliphatic heterocycles. The topological polar surface area (TPSA) is 59.3 Å². The molecule has 1 aromatic heterocycles. The maximum Gasteiger partial charge on any atom is 0.168 e. The Balaban J connectivity index is 0.00000256. The van der Waals surface area contributed by atoms with Gasteiger partial charge in [-0.3, -0.25) is 4.90 Å². The Labute approximate surface area is 190 Å². The average molecular weight is 455 g/mol. The second-order valence-corrected chi connectivity index (χ2v) is 8.55. The monoisotopic (exact) mass is 454 g/mol. The van der Waals surface area contributed by atoms with Crippen molar-refractivity contribution in [3.8, 4) is 0 Å². The summed E-state index contributed by atoms with van der Waals surface area (Å²) in [5.41, 5.74) is 2.51. The molecule has 2 fully saturated rings. The largest absolute Gasteiger partial charge is 0.376 e. The van der Waals surface area contributed by atoms with E-state index in [9.17, 15) is 0 Å². The van der Waals surface area contributed by atoms with E-state index in [0.717, 1.165) is 75.9 Å². The summed E-state index contributed by atoms with van der Waals surface area (Å²) >= 11 is 6.24. The van der Waals surface area contributed by atoms with E-state index in [0.29, 0.717) is 0 Å². The molecule has 0 bridgehead atoms. The van der Waals surface area contributed by atoms with Crippen molar-refractivity contribution < 1.29 is 4.74 Å². The van der Waals surface area contributed by atoms with Crippen molar-refractivity contribution in [2.45, 2.75) is 58.2 Å². The summed E-state index contributed by atoms with van der Waals surface area (Å²) in [7, 11) is 0. The number of hydrogen-bond donors (Lipinski definition) is 0. The zero-order valence-electron chi connectivity index (χ0n) is 17.8. The third-order valence-corrected chi connectivity index (χ3v) is 6.32. The van der Waals surface area contributed by atoms with Crippen molar-refractivity contribution >= 4 is 29.7 Å². The number of ether oxygens (including phenoxy) is 1. The number of anilines is 1. The fraction of sp³-hybridized carbons (Fsp3) is 0.667. The molecule has 2 atom stereocenters. The van der Waals surface area contributed by atoms with Crippen LogP contribution in [0, 0.1) is 6.92 Å². The van der Waals surface area contributed by atoms with Crippen molar-refractivity contribution in [2.24, 2.45) is 0 Å². The van der Waals surface area contributed by atoms with Gasteiger partial charge < -0.3 is 9.64 Å². The van der Waals surface area contributed by atoms with Gasteiger partial charge in [0.05, 0.1) is 18.7 Å². The van der Waals surface area contributed by atoms with Gasteiger partial charge in [-0.15, -0.1) is 17.5 Å². The minimum absolute atomic E-state index is 0. The number of nitrogens with zero attached hydrogens (tertiary/aromatic N) is 6. The van der Waals surface area contributed by atoms with Gasteiger partial charge in [0.25, 0.3) is 0 Å². The van der Waals surface area contributed by atoms with Gasteiger partial charge in [-0.05, 0) is 54.3 Å². The molecule has 3 heterocycles. The van der Waals surface area contributed by atoms with E-state index in [1.165, 1.54) is 11.3 Å². The molecule has 2 saturated heterocycles. The molecule has 2 unspecified atom stereocenters. The van der Waals surface area contributed by atoms with Gasteiger partial charge in [0.15, 0.2) is 5.82 Å². The fourth-order valence-electron chi connectivity index (χ4n) is 4.51. The molecule has 0 N–H and O–H groups in total. The summed E-state index contributed by atoms with van der Waals surface area (Å²) in [6.07, 6.45) is 4.62. The van der Waals surface area contributed by atoms with Crippen molar-refractivity contribution in [1.29, 1.82) is 0 Å². The summed E-state index contributed by atoms with van der Waals surface area (Å²) in [6, 6.07) is 6.39. The second kappa shape index (κ2) is 10.8. The normalized spacial score (nSPS) is 20.9. The standard InChI is InChI=1S/C21H31ClN6O.ClH/c1-3-5-19(21-23-24-25-28(21)15-18-6-4-13-29-18)26-9-11-27(12-10-26)20-14-17(22)8-7-16(20)2;/h7-8,14,18-19H,3-6,9-13,15H2,1-2H3;1H. The molecule has 1 aromatic carbocycles. The summed E-state index contributed by atoms with van der Waals surface area (Å²) in [5, 5.41) is 13.5. The minimum Gasteiger partial charge on any atom is -0.376 e. The Hall–Kier alpha value is -1.41. The first-order valence-corrected chi connectivity index (χ1v) is 11.2. The van der Waals surface area contributed by atoms with Crippen LogP contribution in [0.4, 0.5) is 5.69 Å². The molecule has 0 saturated carbocycles. The number of tetrazole rings is 1. The number of hydrogen-bond acceptors (Lipinski definition) is 6. The van der Waals surface area contributed by atoms with E-state index in [2.05, 4.69) is 51.3 Å². The molecule has 0 spiro atoms. The molecular formula is C21H32Cl2N6O. The summed E-state index contributed by atoms with van der Waals surface area (Å²) in [5.74, 6) is 0.981. The lowest BCUT2D eigenvalue weighted by molar-refractivity contribution is 0.0891. The number of benzene rings is 1. The molecule has 0 aliphatic carbocycles. The van der Waals surface area contributed by atoms with Gasteiger partial charge in [-0.1, -0.05) is 31.0 Å². The zero-order valence-corrected chi connectivity index (χ0v) is 19.4. The first kappa shape index (κ1) is 23.3. The van der Waals surface area contributed by atoms with Crippen molar-refractivity contribution in [1.82, 2.24) is 25.1 Å². The third-order valence-electron chi connectivity index (χ3n) is 6.09. The summed E-state index contributed by atoms with van der Waals surface area (Å²) in [6.45, 7) is 9.93. The Morgan fingerprint density at radius 1 is 1.23 bits per heavy atom. The lowest BCUT2D eigenvalue weighted by Crippen LogP contribution is -2.48. The van der Waals surface area contributed by atoms with Crippen LogP contribution in [0.25, 0.3) is 0 Å². The smallest absolute Gasteiger partial charge is 0.168 e. The van der Waals surface area contributed by atoms with Crippen LogP contribution >= 0.6 is 24.0 Å². The molecule has 166 valence electrons. The maximum atomic E-state index is 6.24. The van der Waals surface area contributed by atoms with E-state index in [4.69, 9.17) is 16.3 Å². The van der Waals surface area contributed by atoms with Gasteiger partial charge in [0.2, 0.25) is 0 Å². The van der Waals surface area contributed by atoms with Crippen LogP contribution in [0.15, 0.2) is 18.2 Å². The van der Waals surface area contributed by atoms with Gasteiger partial charge in [-0.25, -0.2) is 4.68 Å². The maximum absolute atomic E-state index is 6.24. The van der Waals surface area contributed by atoms with Crippen LogP contribution in [0.3, 0.4) is 0 Å². The molecule has 0 radical (unpaired) electrons. The van der Waals surface area contributed by atoms with Crippen LogP contribution in [0.2, 0.25) is 5.02 Å². The molecule has 30 heavy (non-hydrogen) atoms. The first-order valence-electron chi connectivity index (χ1n) is 10.8. The van der Waals surface area contributed by atoms with E-state index in [1.54, 1.807) is 0 Å². The third kappa shape index (κ3) is 5.25. The van der Waals surface area contributed by atoms with E-state index in [1.807, 2.05) is 10.7 Å². The fourth-order valence-corrected chi connectivity index (χ4v) is 4.67. The molecule has 4 rings (SSSR count). The van der Waals surface area contributed by atoms with E-state index >= 15 is 0 Å². The van der Waals surface area contributed by atoms with Gasteiger partial charge in [0.1, 0.15) is 0 Å². The molecule has 9 heteroatoms. The van der Waals surface area contributed by atoms with Gasteiger partial charge >= 0.3 is 0 Å². The van der Waals surface area contributed by atoms with E-state index < -0.39 is 0 Å². The lowest BCUT2D eigenvalue weighted by Gasteiger charge is -2.40. The molecule has 0 amide bonds. The molecule has 2 aromatic rings. The molecule has 2 aliphatic rings. The van der Waals surface area contributed by atoms with Crippen molar-refractivity contribution in [3.05, 3.63) is 34.6 Å². The van der Waals surface area contributed by atoms with Gasteiger partial charge in [-0.2, -0.15) is 0 Å². The second-order valence-electron chi connectivity index (χ2n) is 8.11. The number of rotatable bonds is 7. The quantitative estimate of drug-likeness (QED) is 0.631. The highest BCUT2D eigenvalue weighted by atomic mass is 35.5. The van der Waals surface area contributed by atoms with Crippen molar-refractivity contribution in [2.75, 3.05) is 37.7 Å². The Morgan fingerprint density at radius 3 is 2.73 bits per heavy atom.